The highest BCUT2D eigenvalue weighted by molar-refractivity contribution is 7.14. The predicted octanol–water partition coefficient (Wildman–Crippen LogP) is 6.35. The van der Waals surface area contributed by atoms with Crippen molar-refractivity contribution >= 4 is 28.5 Å². The summed E-state index contributed by atoms with van der Waals surface area (Å²) < 4.78 is 6.31. The van der Waals surface area contributed by atoms with Crippen molar-refractivity contribution in [3.63, 3.8) is 0 Å². The van der Waals surface area contributed by atoms with Crippen LogP contribution in [0.25, 0.3) is 11.3 Å². The fourth-order valence-corrected chi connectivity index (χ4v) is 5.40. The minimum absolute atomic E-state index is 0.726. The van der Waals surface area contributed by atoms with Crippen molar-refractivity contribution < 1.29 is 4.74 Å². The van der Waals surface area contributed by atoms with E-state index in [9.17, 15) is 0 Å². The van der Waals surface area contributed by atoms with Gasteiger partial charge in [-0.15, -0.1) is 0 Å². The van der Waals surface area contributed by atoms with Gasteiger partial charge < -0.3 is 20.3 Å². The molecule has 7 nitrogen and oxygen atoms in total. The van der Waals surface area contributed by atoms with Gasteiger partial charge in [0.05, 0.1) is 5.01 Å². The van der Waals surface area contributed by atoms with Gasteiger partial charge in [-0.3, -0.25) is 4.90 Å². The van der Waals surface area contributed by atoms with Crippen LogP contribution in [0, 0.1) is 0 Å². The summed E-state index contributed by atoms with van der Waals surface area (Å²) in [6, 6.07) is 22.3. The molecular formula is C30H36N6OS. The molecule has 8 heteroatoms. The van der Waals surface area contributed by atoms with E-state index in [4.69, 9.17) is 9.72 Å². The first-order valence-corrected chi connectivity index (χ1v) is 14.3. The van der Waals surface area contributed by atoms with Crippen molar-refractivity contribution in [2.45, 2.75) is 20.3 Å². The Kier molecular flexibility index (Phi) is 8.86. The molecule has 2 aromatic carbocycles. The Bertz CT molecular complexity index is 1290. The second kappa shape index (κ2) is 12.9. The molecule has 198 valence electrons. The molecule has 1 aliphatic rings. The molecule has 0 atom stereocenters. The first kappa shape index (κ1) is 26.2. The maximum atomic E-state index is 6.31. The van der Waals surface area contributed by atoms with Crippen molar-refractivity contribution in [2.75, 3.05) is 56.4 Å². The molecule has 1 aliphatic heterocycles. The largest absolute Gasteiger partial charge is 0.444 e. The maximum Gasteiger partial charge on any atom is 0.208 e. The Morgan fingerprint density at radius 2 is 1.63 bits per heavy atom. The number of nitrogens with one attached hydrogen (secondary N) is 2. The van der Waals surface area contributed by atoms with Crippen LogP contribution >= 0.6 is 11.3 Å². The summed E-state index contributed by atoms with van der Waals surface area (Å²) >= 11 is 1.59. The van der Waals surface area contributed by atoms with Gasteiger partial charge in [0.2, 0.25) is 5.06 Å². The molecule has 3 heterocycles. The first-order valence-electron chi connectivity index (χ1n) is 13.4. The maximum absolute atomic E-state index is 6.31. The minimum atomic E-state index is 0.726. The monoisotopic (exact) mass is 528 g/mol. The van der Waals surface area contributed by atoms with Crippen LogP contribution in [0.3, 0.4) is 0 Å². The molecule has 1 fully saturated rings. The smallest absolute Gasteiger partial charge is 0.208 e. The van der Waals surface area contributed by atoms with Crippen LogP contribution in [0.15, 0.2) is 72.9 Å². The number of rotatable bonds is 11. The van der Waals surface area contributed by atoms with Gasteiger partial charge in [0.15, 0.2) is 0 Å². The fourth-order valence-electron chi connectivity index (χ4n) is 4.50. The summed E-state index contributed by atoms with van der Waals surface area (Å²) in [6.45, 7) is 12.2. The highest BCUT2D eigenvalue weighted by Gasteiger charge is 2.16. The second-order valence-corrected chi connectivity index (χ2v) is 10.4. The molecule has 2 N–H and O–H groups in total. The quantitative estimate of drug-likeness (QED) is 0.235. The number of likely N-dealkylation sites (N-methyl/N-ethyl adjacent to an activating group) is 1. The molecule has 0 spiro atoms. The number of hydrogen-bond acceptors (Lipinski definition) is 8. The number of benzene rings is 2. The number of ether oxygens (including phenoxy) is 1. The number of anilines is 3. The molecule has 0 saturated carbocycles. The van der Waals surface area contributed by atoms with Gasteiger partial charge >= 0.3 is 0 Å². The van der Waals surface area contributed by atoms with Crippen LogP contribution in [-0.4, -0.2) is 65.6 Å². The lowest BCUT2D eigenvalue weighted by molar-refractivity contribution is 0.141. The molecule has 0 bridgehead atoms. The molecule has 0 radical (unpaired) electrons. The zero-order valence-corrected chi connectivity index (χ0v) is 23.0. The number of piperazine rings is 1. The van der Waals surface area contributed by atoms with E-state index in [0.29, 0.717) is 0 Å². The Labute approximate surface area is 229 Å². The van der Waals surface area contributed by atoms with Gasteiger partial charge in [-0.05, 0) is 43.3 Å². The van der Waals surface area contributed by atoms with E-state index in [2.05, 4.69) is 75.7 Å². The van der Waals surface area contributed by atoms with Gasteiger partial charge in [-0.1, -0.05) is 55.5 Å². The fraction of sp³-hybridized carbons (Fsp3) is 0.333. The standard InChI is InChI=1S/C30H36N6OS/c1-3-28-34-29(23-8-6-5-7-9-23)30(38-28)37-26-14-15-32-27(22-26)33-25-12-10-24(11-13-25)31-16-17-36-20-18-35(4-2)19-21-36/h5-15,22,31H,3-4,16-21H2,1-2H3,(H,32,33). The number of aryl methyl sites for hydroxylation is 1. The summed E-state index contributed by atoms with van der Waals surface area (Å²) in [5.74, 6) is 1.46. The van der Waals surface area contributed by atoms with E-state index >= 15 is 0 Å². The lowest BCUT2D eigenvalue weighted by atomic mass is 10.2. The van der Waals surface area contributed by atoms with Gasteiger partial charge in [0.1, 0.15) is 17.3 Å². The highest BCUT2D eigenvalue weighted by Crippen LogP contribution is 2.39. The molecule has 5 rings (SSSR count). The molecule has 0 amide bonds. The average molecular weight is 529 g/mol. The van der Waals surface area contributed by atoms with Crippen LogP contribution in [0.1, 0.15) is 18.9 Å². The summed E-state index contributed by atoms with van der Waals surface area (Å²) in [5, 5.41) is 8.79. The normalized spacial score (nSPS) is 14.4. The number of pyridine rings is 1. The van der Waals surface area contributed by atoms with E-state index in [1.807, 2.05) is 30.3 Å². The van der Waals surface area contributed by atoms with Gasteiger partial charge in [0, 0.05) is 68.5 Å². The molecule has 4 aromatic rings. The molecule has 38 heavy (non-hydrogen) atoms. The van der Waals surface area contributed by atoms with Crippen LogP contribution in [-0.2, 0) is 6.42 Å². The van der Waals surface area contributed by atoms with Gasteiger partial charge in [-0.2, -0.15) is 0 Å². The Hall–Kier alpha value is -3.46. The Morgan fingerprint density at radius 1 is 0.895 bits per heavy atom. The molecule has 0 aliphatic carbocycles. The third-order valence-electron chi connectivity index (χ3n) is 6.76. The van der Waals surface area contributed by atoms with Crippen molar-refractivity contribution in [3.05, 3.63) is 77.9 Å². The third kappa shape index (κ3) is 6.89. The summed E-state index contributed by atoms with van der Waals surface area (Å²) in [5.41, 5.74) is 4.04. The summed E-state index contributed by atoms with van der Waals surface area (Å²) in [6.07, 6.45) is 2.63. The van der Waals surface area contributed by atoms with Crippen LogP contribution < -0.4 is 15.4 Å². The van der Waals surface area contributed by atoms with E-state index in [1.165, 1.54) is 13.1 Å². The van der Waals surface area contributed by atoms with Crippen molar-refractivity contribution in [3.8, 4) is 22.1 Å². The van der Waals surface area contributed by atoms with Crippen LogP contribution in [0.2, 0.25) is 0 Å². The topological polar surface area (TPSA) is 65.6 Å². The van der Waals surface area contributed by atoms with E-state index in [0.717, 1.165) is 83.4 Å². The number of aromatic nitrogens is 2. The Morgan fingerprint density at radius 3 is 2.37 bits per heavy atom. The summed E-state index contributed by atoms with van der Waals surface area (Å²) in [7, 11) is 0. The average Bonchev–Trinajstić information content (AvgIpc) is 3.38. The highest BCUT2D eigenvalue weighted by atomic mass is 32.1. The van der Waals surface area contributed by atoms with Crippen LogP contribution in [0.4, 0.5) is 17.2 Å². The molecule has 0 unspecified atom stereocenters. The zero-order valence-electron chi connectivity index (χ0n) is 22.2. The van der Waals surface area contributed by atoms with E-state index in [-0.39, 0.29) is 0 Å². The predicted molar refractivity (Wildman–Crippen MR) is 158 cm³/mol. The van der Waals surface area contributed by atoms with Crippen molar-refractivity contribution in [1.29, 1.82) is 0 Å². The number of thiazole rings is 1. The molecular weight excluding hydrogens is 492 g/mol. The lowest BCUT2D eigenvalue weighted by Gasteiger charge is -2.34. The third-order valence-corrected chi connectivity index (χ3v) is 7.84. The van der Waals surface area contributed by atoms with Crippen molar-refractivity contribution in [2.24, 2.45) is 0 Å². The second-order valence-electron chi connectivity index (χ2n) is 9.35. The van der Waals surface area contributed by atoms with Gasteiger partial charge in [-0.25, -0.2) is 9.97 Å². The summed E-state index contributed by atoms with van der Waals surface area (Å²) in [4.78, 5) is 14.3. The van der Waals surface area contributed by atoms with Gasteiger partial charge in [0.25, 0.3) is 0 Å². The SMILES string of the molecule is CCc1nc(-c2ccccc2)c(Oc2ccnc(Nc3ccc(NCCN4CCN(CC)CC4)cc3)c2)s1. The zero-order chi connectivity index (χ0) is 26.2. The van der Waals surface area contributed by atoms with E-state index < -0.39 is 0 Å². The first-order chi connectivity index (χ1) is 18.7. The van der Waals surface area contributed by atoms with Crippen LogP contribution in [0.5, 0.6) is 10.8 Å². The molecule has 2 aromatic heterocycles. The van der Waals surface area contributed by atoms with E-state index in [1.54, 1.807) is 17.5 Å². The Balaban J connectivity index is 1.17. The lowest BCUT2D eigenvalue weighted by Crippen LogP contribution is -2.47. The molecule has 1 saturated heterocycles. The number of nitrogens with zero attached hydrogens (tertiary/aromatic N) is 4. The van der Waals surface area contributed by atoms with Crippen molar-refractivity contribution in [1.82, 2.24) is 19.8 Å². The minimum Gasteiger partial charge on any atom is -0.444 e. The number of hydrogen-bond donors (Lipinski definition) is 2.